The van der Waals surface area contributed by atoms with Gasteiger partial charge in [0, 0.05) is 5.02 Å². The fourth-order valence-corrected chi connectivity index (χ4v) is 3.53. The molecule has 1 aliphatic heterocycles. The Balaban J connectivity index is 1.67. The van der Waals surface area contributed by atoms with Gasteiger partial charge in [-0.1, -0.05) is 23.4 Å². The van der Waals surface area contributed by atoms with Crippen LogP contribution in [-0.2, 0) is 9.59 Å². The summed E-state index contributed by atoms with van der Waals surface area (Å²) in [6.45, 7) is 0. The lowest BCUT2D eigenvalue weighted by Gasteiger charge is -2.10. The minimum atomic E-state index is -1.07. The molecule has 1 fully saturated rings. The predicted molar refractivity (Wildman–Crippen MR) is 116 cm³/mol. The van der Waals surface area contributed by atoms with Gasteiger partial charge < -0.3 is 19.9 Å². The molecule has 1 saturated heterocycles. The third-order valence-electron chi connectivity index (χ3n) is 3.96. The summed E-state index contributed by atoms with van der Waals surface area (Å²) in [6, 6.07) is 11.1. The summed E-state index contributed by atoms with van der Waals surface area (Å²) in [6.07, 6.45) is 1.12. The number of carboxylic acid groups (broad SMARTS) is 1. The van der Waals surface area contributed by atoms with Crippen molar-refractivity contribution in [2.45, 2.75) is 11.7 Å². The molecule has 2 aromatic rings. The summed E-state index contributed by atoms with van der Waals surface area (Å²) in [5, 5.41) is 19.0. The maximum Gasteiger partial charge on any atom is 0.343 e. The first kappa shape index (κ1) is 22.3. The number of rotatable bonds is 7. The third-order valence-corrected chi connectivity index (χ3v) is 5.29. The molecule has 0 spiro atoms. The van der Waals surface area contributed by atoms with E-state index in [0.717, 1.165) is 11.8 Å². The van der Waals surface area contributed by atoms with Gasteiger partial charge in [0.05, 0.1) is 25.3 Å². The van der Waals surface area contributed by atoms with Crippen molar-refractivity contribution in [3.63, 3.8) is 0 Å². The molecule has 0 saturated carbocycles. The van der Waals surface area contributed by atoms with Crippen LogP contribution in [-0.4, -0.2) is 46.7 Å². The fraction of sp³-hybridized carbons (Fsp3) is 0.150. The molecule has 1 atom stereocenters. The second-order valence-electron chi connectivity index (χ2n) is 6.15. The number of esters is 1. The highest BCUT2D eigenvalue weighted by Gasteiger charge is 2.32. The van der Waals surface area contributed by atoms with E-state index in [2.05, 4.69) is 15.5 Å². The van der Waals surface area contributed by atoms with Crippen LogP contribution in [0.15, 0.2) is 52.7 Å². The van der Waals surface area contributed by atoms with Gasteiger partial charge in [0.2, 0.25) is 5.91 Å². The van der Waals surface area contributed by atoms with Crippen LogP contribution in [0.5, 0.6) is 11.5 Å². The van der Waals surface area contributed by atoms with E-state index >= 15 is 0 Å². The molecular weight excluding hydrogens is 446 g/mol. The Bertz CT molecular complexity index is 1070. The number of halogens is 1. The van der Waals surface area contributed by atoms with E-state index in [1.807, 2.05) is 0 Å². The number of ether oxygens (including phenoxy) is 2. The lowest BCUT2D eigenvalue weighted by Crippen LogP contribution is -2.26. The second kappa shape index (κ2) is 10.1. The van der Waals surface area contributed by atoms with Crippen molar-refractivity contribution in [2.24, 2.45) is 10.2 Å². The normalized spacial score (nSPS) is 17.0. The minimum absolute atomic E-state index is 0.216. The number of carboxylic acids is 1. The Hall–Kier alpha value is -3.37. The van der Waals surface area contributed by atoms with Gasteiger partial charge in [0.15, 0.2) is 16.7 Å². The SMILES string of the molecule is COc1cc(C=N/N=C2/NC(=O)C(CC(=O)O)S2)ccc1OC(=O)c1ccc(Cl)cc1. The molecule has 0 aromatic heterocycles. The number of aliphatic carboxylic acids is 1. The van der Waals surface area contributed by atoms with Gasteiger partial charge in [0.25, 0.3) is 0 Å². The molecule has 160 valence electrons. The molecule has 0 aliphatic carbocycles. The van der Waals surface area contributed by atoms with E-state index in [0.29, 0.717) is 21.9 Å². The molecule has 2 aromatic carbocycles. The zero-order valence-electron chi connectivity index (χ0n) is 16.1. The maximum absolute atomic E-state index is 12.3. The number of nitrogens with one attached hydrogen (secondary N) is 1. The predicted octanol–water partition coefficient (Wildman–Crippen LogP) is 2.96. The number of carbonyl (C=O) groups excluding carboxylic acids is 2. The summed E-state index contributed by atoms with van der Waals surface area (Å²) < 4.78 is 10.7. The number of methoxy groups -OCH3 is 1. The van der Waals surface area contributed by atoms with E-state index in [4.69, 9.17) is 26.2 Å². The lowest BCUT2D eigenvalue weighted by molar-refractivity contribution is -0.138. The van der Waals surface area contributed by atoms with Crippen LogP contribution in [0, 0.1) is 0 Å². The molecule has 2 N–H and O–H groups in total. The molecule has 1 amide bonds. The summed E-state index contributed by atoms with van der Waals surface area (Å²) in [4.78, 5) is 34.7. The quantitative estimate of drug-likeness (QED) is 0.281. The fourth-order valence-electron chi connectivity index (χ4n) is 2.49. The van der Waals surface area contributed by atoms with Crippen LogP contribution in [0.4, 0.5) is 0 Å². The number of carbonyl (C=O) groups is 3. The molecule has 0 bridgehead atoms. The largest absolute Gasteiger partial charge is 0.493 e. The monoisotopic (exact) mass is 461 g/mol. The molecule has 1 heterocycles. The Labute approximate surface area is 186 Å². The van der Waals surface area contributed by atoms with Gasteiger partial charge in [-0.15, -0.1) is 5.10 Å². The molecule has 1 unspecified atom stereocenters. The Morgan fingerprint density at radius 2 is 1.97 bits per heavy atom. The van der Waals surface area contributed by atoms with Crippen LogP contribution in [0.3, 0.4) is 0 Å². The molecule has 0 radical (unpaired) electrons. The Morgan fingerprint density at radius 3 is 2.65 bits per heavy atom. The zero-order chi connectivity index (χ0) is 22.4. The number of benzene rings is 2. The van der Waals surface area contributed by atoms with Crippen LogP contribution in [0.25, 0.3) is 0 Å². The van der Waals surface area contributed by atoms with Gasteiger partial charge >= 0.3 is 11.9 Å². The van der Waals surface area contributed by atoms with Crippen molar-refractivity contribution in [2.75, 3.05) is 7.11 Å². The minimum Gasteiger partial charge on any atom is -0.493 e. The first-order chi connectivity index (χ1) is 14.9. The third kappa shape index (κ3) is 6.06. The Morgan fingerprint density at radius 1 is 1.23 bits per heavy atom. The number of nitrogens with zero attached hydrogens (tertiary/aromatic N) is 2. The van der Waals surface area contributed by atoms with Gasteiger partial charge in [-0.3, -0.25) is 9.59 Å². The first-order valence-corrected chi connectivity index (χ1v) is 10.1. The van der Waals surface area contributed by atoms with E-state index < -0.39 is 23.1 Å². The number of hydrogen-bond acceptors (Lipinski definition) is 8. The smallest absolute Gasteiger partial charge is 0.343 e. The second-order valence-corrected chi connectivity index (χ2v) is 7.78. The van der Waals surface area contributed by atoms with Crippen LogP contribution in [0.2, 0.25) is 5.02 Å². The highest BCUT2D eigenvalue weighted by Crippen LogP contribution is 2.28. The van der Waals surface area contributed by atoms with Crippen LogP contribution < -0.4 is 14.8 Å². The van der Waals surface area contributed by atoms with Crippen molar-refractivity contribution < 1.29 is 29.0 Å². The molecule has 3 rings (SSSR count). The first-order valence-electron chi connectivity index (χ1n) is 8.82. The summed E-state index contributed by atoms with van der Waals surface area (Å²) in [5.41, 5.74) is 0.939. The van der Waals surface area contributed by atoms with Crippen LogP contribution >= 0.6 is 23.4 Å². The van der Waals surface area contributed by atoms with E-state index in [9.17, 15) is 14.4 Å². The van der Waals surface area contributed by atoms with E-state index in [-0.39, 0.29) is 17.3 Å². The van der Waals surface area contributed by atoms with Gasteiger partial charge in [0.1, 0.15) is 5.25 Å². The number of thioether (sulfide) groups is 1. The molecule has 9 nitrogen and oxygen atoms in total. The summed E-state index contributed by atoms with van der Waals surface area (Å²) in [7, 11) is 1.43. The van der Waals surface area contributed by atoms with Crippen LogP contribution in [0.1, 0.15) is 22.3 Å². The van der Waals surface area contributed by atoms with E-state index in [1.54, 1.807) is 42.5 Å². The van der Waals surface area contributed by atoms with Crippen molar-refractivity contribution in [1.82, 2.24) is 5.32 Å². The molecule has 1 aliphatic rings. The number of amides is 1. The summed E-state index contributed by atoms with van der Waals surface area (Å²) in [5.74, 6) is -1.52. The van der Waals surface area contributed by atoms with Crippen molar-refractivity contribution in [1.29, 1.82) is 0 Å². The van der Waals surface area contributed by atoms with Gasteiger partial charge in [-0.05, 0) is 48.0 Å². The number of amidine groups is 1. The molecular formula is C20H16ClN3O6S. The van der Waals surface area contributed by atoms with Crippen molar-refractivity contribution in [3.8, 4) is 11.5 Å². The Kier molecular flexibility index (Phi) is 7.27. The number of hydrogen-bond donors (Lipinski definition) is 2. The van der Waals surface area contributed by atoms with Gasteiger partial charge in [-0.2, -0.15) is 5.10 Å². The van der Waals surface area contributed by atoms with E-state index in [1.165, 1.54) is 13.3 Å². The highest BCUT2D eigenvalue weighted by atomic mass is 35.5. The topological polar surface area (TPSA) is 127 Å². The van der Waals surface area contributed by atoms with Gasteiger partial charge in [-0.25, -0.2) is 4.79 Å². The van der Waals surface area contributed by atoms with Crippen molar-refractivity contribution >= 4 is 52.6 Å². The molecule has 31 heavy (non-hydrogen) atoms. The standard InChI is InChI=1S/C20H16ClN3O6S/c1-29-15-8-11(10-22-24-20-23-18(27)16(31-20)9-17(25)26)2-7-14(15)30-19(28)12-3-5-13(21)6-4-12/h2-8,10,16H,9H2,1H3,(H,25,26)(H,23,24,27). The average molecular weight is 462 g/mol. The van der Waals surface area contributed by atoms with Crippen molar-refractivity contribution in [3.05, 3.63) is 58.6 Å². The lowest BCUT2D eigenvalue weighted by atomic mass is 10.2. The molecule has 11 heteroatoms. The zero-order valence-corrected chi connectivity index (χ0v) is 17.6. The average Bonchev–Trinajstić information content (AvgIpc) is 3.07. The maximum atomic E-state index is 12.3. The summed E-state index contributed by atoms with van der Waals surface area (Å²) >= 11 is 6.82. The highest BCUT2D eigenvalue weighted by molar-refractivity contribution is 8.15.